The molecule has 1 fully saturated rings. The largest absolute Gasteiger partial charge is 0.508 e. The highest BCUT2D eigenvalue weighted by molar-refractivity contribution is 7.19. The van der Waals surface area contributed by atoms with Crippen molar-refractivity contribution in [3.63, 3.8) is 0 Å². The van der Waals surface area contributed by atoms with Crippen molar-refractivity contribution in [2.75, 3.05) is 7.05 Å². The van der Waals surface area contributed by atoms with E-state index >= 15 is 0 Å². The number of amides is 1. The van der Waals surface area contributed by atoms with Gasteiger partial charge in [-0.25, -0.2) is 4.79 Å². The van der Waals surface area contributed by atoms with E-state index in [2.05, 4.69) is 0 Å². The fourth-order valence-electron chi connectivity index (χ4n) is 3.04. The molecule has 4 nitrogen and oxygen atoms in total. The molecule has 1 aromatic heterocycles. The topological polar surface area (TPSA) is 49.8 Å². The zero-order chi connectivity index (χ0) is 17.1. The number of hydrogen-bond donors (Lipinski definition) is 1. The molecule has 0 spiro atoms. The molecule has 1 N–H and O–H groups in total. The summed E-state index contributed by atoms with van der Waals surface area (Å²) in [7, 11) is 1.81. The summed E-state index contributed by atoms with van der Waals surface area (Å²) in [5.74, 6) is 0.215. The summed E-state index contributed by atoms with van der Waals surface area (Å²) in [5, 5.41) is 9.42. The van der Waals surface area contributed by atoms with Gasteiger partial charge in [0.05, 0.1) is 4.34 Å². The number of phenols is 1. The number of thiophene rings is 1. The number of ether oxygens (including phenoxy) is 1. The molecule has 128 valence electrons. The van der Waals surface area contributed by atoms with Crippen LogP contribution in [0.15, 0.2) is 30.3 Å². The van der Waals surface area contributed by atoms with Crippen LogP contribution in [0.1, 0.15) is 31.2 Å². The summed E-state index contributed by atoms with van der Waals surface area (Å²) in [6.45, 7) is 0.190. The fourth-order valence-corrected chi connectivity index (χ4v) is 4.30. The molecule has 0 atom stereocenters. The fraction of sp³-hybridized carbons (Fsp3) is 0.389. The van der Waals surface area contributed by atoms with Crippen LogP contribution in [0.25, 0.3) is 10.4 Å². The molecule has 0 saturated heterocycles. The first kappa shape index (κ1) is 17.1. The number of phenolic OH excluding ortho intramolecular Hbond substituents is 1. The number of benzene rings is 1. The molecule has 1 heterocycles. The molecular weight excluding hydrogens is 346 g/mol. The summed E-state index contributed by atoms with van der Waals surface area (Å²) in [5.41, 5.74) is 1.82. The zero-order valence-corrected chi connectivity index (χ0v) is 15.1. The molecule has 1 aliphatic rings. The van der Waals surface area contributed by atoms with Crippen molar-refractivity contribution in [1.82, 2.24) is 4.90 Å². The second-order valence-corrected chi connectivity index (χ2v) is 7.74. The van der Waals surface area contributed by atoms with Gasteiger partial charge in [-0.3, -0.25) is 0 Å². The van der Waals surface area contributed by atoms with Gasteiger partial charge in [0.1, 0.15) is 12.4 Å². The van der Waals surface area contributed by atoms with Gasteiger partial charge in [-0.1, -0.05) is 24.4 Å². The van der Waals surface area contributed by atoms with Gasteiger partial charge in [-0.2, -0.15) is 0 Å². The number of hydrogen-bond acceptors (Lipinski definition) is 4. The predicted molar refractivity (Wildman–Crippen MR) is 96.6 cm³/mol. The van der Waals surface area contributed by atoms with Crippen LogP contribution in [0.4, 0.5) is 4.79 Å². The molecule has 0 bridgehead atoms. The Morgan fingerprint density at radius 2 is 2.00 bits per heavy atom. The summed E-state index contributed by atoms with van der Waals surface area (Å²) >= 11 is 7.58. The summed E-state index contributed by atoms with van der Waals surface area (Å²) in [6, 6.07) is 9.04. The van der Waals surface area contributed by atoms with Crippen molar-refractivity contribution in [3.05, 3.63) is 40.2 Å². The zero-order valence-electron chi connectivity index (χ0n) is 13.5. The van der Waals surface area contributed by atoms with E-state index in [1.54, 1.807) is 24.1 Å². The Morgan fingerprint density at radius 3 is 2.67 bits per heavy atom. The van der Waals surface area contributed by atoms with Crippen molar-refractivity contribution in [2.45, 2.75) is 38.3 Å². The Labute approximate surface area is 150 Å². The highest BCUT2D eigenvalue weighted by Crippen LogP contribution is 2.36. The van der Waals surface area contributed by atoms with E-state index < -0.39 is 0 Å². The molecular formula is C18H20ClNO3S. The van der Waals surface area contributed by atoms with Crippen molar-refractivity contribution >= 4 is 29.0 Å². The third-order valence-electron chi connectivity index (χ3n) is 4.42. The number of carbonyl (C=O) groups excluding carboxylic acids is 1. The number of nitrogens with zero attached hydrogens (tertiary/aromatic N) is 1. The molecule has 0 unspecified atom stereocenters. The third-order valence-corrected chi connectivity index (χ3v) is 5.78. The maximum absolute atomic E-state index is 12.2. The Balaban J connectivity index is 1.69. The molecule has 6 heteroatoms. The van der Waals surface area contributed by atoms with E-state index in [1.807, 2.05) is 18.2 Å². The van der Waals surface area contributed by atoms with Crippen LogP contribution in [0.5, 0.6) is 5.75 Å². The lowest BCUT2D eigenvalue weighted by Gasteiger charge is -2.23. The van der Waals surface area contributed by atoms with Crippen molar-refractivity contribution in [1.29, 1.82) is 0 Å². The van der Waals surface area contributed by atoms with Crippen molar-refractivity contribution < 1.29 is 14.6 Å². The van der Waals surface area contributed by atoms with Crippen LogP contribution >= 0.6 is 22.9 Å². The maximum Gasteiger partial charge on any atom is 0.410 e. The number of rotatable bonds is 4. The average molecular weight is 366 g/mol. The van der Waals surface area contributed by atoms with Gasteiger partial charge >= 0.3 is 6.09 Å². The normalized spacial score (nSPS) is 14.8. The third kappa shape index (κ3) is 3.84. The van der Waals surface area contributed by atoms with E-state index in [0.717, 1.165) is 28.8 Å². The Bertz CT molecular complexity index is 708. The minimum atomic E-state index is -0.291. The summed E-state index contributed by atoms with van der Waals surface area (Å²) < 4.78 is 6.13. The Kier molecular flexibility index (Phi) is 5.31. The summed E-state index contributed by atoms with van der Waals surface area (Å²) in [4.78, 5) is 14.9. The van der Waals surface area contributed by atoms with Gasteiger partial charge in [0.15, 0.2) is 0 Å². The number of carbonyl (C=O) groups is 1. The van der Waals surface area contributed by atoms with Crippen LogP contribution in [-0.2, 0) is 11.3 Å². The second-order valence-electron chi connectivity index (χ2n) is 6.06. The van der Waals surface area contributed by atoms with Gasteiger partial charge < -0.3 is 14.7 Å². The number of aromatic hydroxyl groups is 1. The predicted octanol–water partition coefficient (Wildman–Crippen LogP) is 5.29. The lowest BCUT2D eigenvalue weighted by molar-refractivity contribution is 0.0920. The molecule has 1 saturated carbocycles. The monoisotopic (exact) mass is 365 g/mol. The van der Waals surface area contributed by atoms with Gasteiger partial charge in [0, 0.05) is 23.5 Å². The second kappa shape index (κ2) is 7.45. The van der Waals surface area contributed by atoms with Crippen LogP contribution < -0.4 is 0 Å². The lowest BCUT2D eigenvalue weighted by Crippen LogP contribution is -2.35. The molecule has 3 rings (SSSR count). The Hall–Kier alpha value is -1.72. The van der Waals surface area contributed by atoms with Crippen LogP contribution in [0.3, 0.4) is 0 Å². The van der Waals surface area contributed by atoms with Gasteiger partial charge in [0.2, 0.25) is 0 Å². The molecule has 2 aromatic rings. The van der Waals surface area contributed by atoms with Gasteiger partial charge in [-0.15, -0.1) is 11.3 Å². The molecule has 1 aliphatic carbocycles. The van der Waals surface area contributed by atoms with Crippen LogP contribution in [0, 0.1) is 0 Å². The summed E-state index contributed by atoms with van der Waals surface area (Å²) in [6.07, 6.45) is 4.16. The molecule has 0 radical (unpaired) electrons. The van der Waals surface area contributed by atoms with E-state index in [-0.39, 0.29) is 18.4 Å². The van der Waals surface area contributed by atoms with E-state index in [0.29, 0.717) is 10.4 Å². The lowest BCUT2D eigenvalue weighted by atomic mass is 10.1. The highest BCUT2D eigenvalue weighted by atomic mass is 35.5. The standard InChI is InChI=1S/C18H20ClNO3S/c1-20(14-4-2-3-5-14)18(22)23-11-13-10-16(19)24-17(13)12-6-8-15(21)9-7-12/h6-10,14,21H,2-5,11H2,1H3. The first-order valence-electron chi connectivity index (χ1n) is 8.02. The van der Waals surface area contributed by atoms with Crippen molar-refractivity contribution in [2.24, 2.45) is 0 Å². The first-order chi connectivity index (χ1) is 11.5. The number of halogens is 1. The highest BCUT2D eigenvalue weighted by Gasteiger charge is 2.24. The maximum atomic E-state index is 12.2. The smallest absolute Gasteiger partial charge is 0.410 e. The van der Waals surface area contributed by atoms with E-state index in [1.165, 1.54) is 24.2 Å². The SMILES string of the molecule is CN(C(=O)OCc1cc(Cl)sc1-c1ccc(O)cc1)C1CCCC1. The molecule has 1 amide bonds. The average Bonchev–Trinajstić information content (AvgIpc) is 3.22. The van der Waals surface area contributed by atoms with Crippen LogP contribution in [-0.4, -0.2) is 29.2 Å². The van der Waals surface area contributed by atoms with Crippen molar-refractivity contribution in [3.8, 4) is 16.2 Å². The minimum absolute atomic E-state index is 0.190. The Morgan fingerprint density at radius 1 is 1.33 bits per heavy atom. The van der Waals surface area contributed by atoms with Gasteiger partial charge in [0.25, 0.3) is 0 Å². The quantitative estimate of drug-likeness (QED) is 0.801. The van der Waals surface area contributed by atoms with Gasteiger partial charge in [-0.05, 0) is 48.7 Å². The van der Waals surface area contributed by atoms with E-state index in [9.17, 15) is 9.90 Å². The molecule has 24 heavy (non-hydrogen) atoms. The minimum Gasteiger partial charge on any atom is -0.508 e. The first-order valence-corrected chi connectivity index (χ1v) is 9.21. The molecule has 1 aromatic carbocycles. The van der Waals surface area contributed by atoms with Crippen LogP contribution in [0.2, 0.25) is 4.34 Å². The van der Waals surface area contributed by atoms with E-state index in [4.69, 9.17) is 16.3 Å². The molecule has 0 aliphatic heterocycles.